The molecular weight excluding hydrogens is 238 g/mol. The van der Waals surface area contributed by atoms with Gasteiger partial charge in [0.25, 0.3) is 10.0 Å². The molecule has 0 fully saturated rings. The molecule has 0 aromatic heterocycles. The zero-order valence-corrected chi connectivity index (χ0v) is 9.05. The summed E-state index contributed by atoms with van der Waals surface area (Å²) in [6.07, 6.45) is 0.409. The lowest BCUT2D eigenvalue weighted by Gasteiger charge is -2.18. The van der Waals surface area contributed by atoms with Gasteiger partial charge >= 0.3 is 5.76 Å². The van der Waals surface area contributed by atoms with Crippen molar-refractivity contribution in [3.63, 3.8) is 0 Å². The highest BCUT2D eigenvalue weighted by Crippen LogP contribution is 2.33. The molecule has 1 heterocycles. The lowest BCUT2D eigenvalue weighted by molar-refractivity contribution is 0.234. The van der Waals surface area contributed by atoms with Crippen LogP contribution in [-0.2, 0) is 16.4 Å². The van der Waals surface area contributed by atoms with E-state index in [1.165, 1.54) is 12.1 Å². The van der Waals surface area contributed by atoms with Crippen LogP contribution < -0.4 is 10.0 Å². The Kier molecular flexibility index (Phi) is 2.49. The summed E-state index contributed by atoms with van der Waals surface area (Å²) in [5.74, 6) is -3.39. The van der Waals surface area contributed by atoms with Crippen LogP contribution in [0, 0.1) is 0 Å². The molecular formula is C9H10F2N2O2S. The molecule has 1 aromatic carbocycles. The highest BCUT2D eigenvalue weighted by molar-refractivity contribution is 7.93. The zero-order valence-electron chi connectivity index (χ0n) is 8.23. The number of nitrogens with two attached hydrogens (primary N) is 1. The summed E-state index contributed by atoms with van der Waals surface area (Å²) in [6, 6.07) is 4.56. The Morgan fingerprint density at radius 1 is 1.38 bits per heavy atom. The summed E-state index contributed by atoms with van der Waals surface area (Å²) in [4.78, 5) is 0. The molecule has 0 spiro atoms. The second-order valence-corrected chi connectivity index (χ2v) is 5.34. The molecule has 7 heteroatoms. The first-order valence-electron chi connectivity index (χ1n) is 4.61. The van der Waals surface area contributed by atoms with Gasteiger partial charge in [-0.05, 0) is 30.2 Å². The maximum absolute atomic E-state index is 12.4. The van der Waals surface area contributed by atoms with Crippen molar-refractivity contribution in [2.75, 3.05) is 16.6 Å². The number of rotatable bonds is 2. The third kappa shape index (κ3) is 1.60. The molecule has 88 valence electrons. The molecule has 1 aliphatic heterocycles. The molecule has 0 saturated carbocycles. The third-order valence-electron chi connectivity index (χ3n) is 2.49. The number of anilines is 2. The summed E-state index contributed by atoms with van der Waals surface area (Å²) < 4.78 is 48.2. The van der Waals surface area contributed by atoms with Crippen LogP contribution in [0.3, 0.4) is 0 Å². The molecule has 2 rings (SSSR count). The number of halogens is 2. The standard InChI is InChI=1S/C9H10F2N2O2S/c10-9(11)16(14,15)13-4-3-6-5-7(12)1-2-8(6)13/h1-2,5,9H,3-4,12H2. The van der Waals surface area contributed by atoms with E-state index in [0.717, 1.165) is 4.31 Å². The van der Waals surface area contributed by atoms with Crippen molar-refractivity contribution in [3.05, 3.63) is 23.8 Å². The van der Waals surface area contributed by atoms with Gasteiger partial charge in [0.1, 0.15) is 0 Å². The first-order valence-corrected chi connectivity index (χ1v) is 6.11. The van der Waals surface area contributed by atoms with Gasteiger partial charge in [0.2, 0.25) is 0 Å². The molecule has 0 aliphatic carbocycles. The highest BCUT2D eigenvalue weighted by Gasteiger charge is 2.36. The highest BCUT2D eigenvalue weighted by atomic mass is 32.2. The van der Waals surface area contributed by atoms with E-state index < -0.39 is 15.8 Å². The minimum atomic E-state index is -4.54. The number of fused-ring (bicyclic) bond motifs is 1. The van der Waals surface area contributed by atoms with E-state index in [9.17, 15) is 17.2 Å². The topological polar surface area (TPSA) is 63.4 Å². The lowest BCUT2D eigenvalue weighted by atomic mass is 10.1. The number of nitrogen functional groups attached to an aromatic ring is 1. The number of alkyl halides is 2. The third-order valence-corrected chi connectivity index (χ3v) is 3.93. The summed E-state index contributed by atoms with van der Waals surface area (Å²) in [7, 11) is -4.54. The van der Waals surface area contributed by atoms with E-state index >= 15 is 0 Å². The Labute approximate surface area is 91.7 Å². The lowest BCUT2D eigenvalue weighted by Crippen LogP contribution is -2.33. The number of benzene rings is 1. The van der Waals surface area contributed by atoms with Gasteiger partial charge in [0, 0.05) is 12.2 Å². The summed E-state index contributed by atoms with van der Waals surface area (Å²) in [5.41, 5.74) is 7.01. The van der Waals surface area contributed by atoms with Crippen molar-refractivity contribution in [2.45, 2.75) is 12.2 Å². The van der Waals surface area contributed by atoms with E-state index in [1.54, 1.807) is 6.07 Å². The van der Waals surface area contributed by atoms with Crippen LogP contribution in [0.2, 0.25) is 0 Å². The van der Waals surface area contributed by atoms with Crippen LogP contribution in [0.5, 0.6) is 0 Å². The SMILES string of the molecule is Nc1ccc2c(c1)CCN2S(=O)(=O)C(F)F. The van der Waals surface area contributed by atoms with Crippen molar-refractivity contribution >= 4 is 21.4 Å². The Hall–Kier alpha value is -1.37. The van der Waals surface area contributed by atoms with Gasteiger partial charge in [-0.1, -0.05) is 0 Å². The average Bonchev–Trinajstić information content (AvgIpc) is 2.60. The van der Waals surface area contributed by atoms with Gasteiger partial charge in [-0.25, -0.2) is 8.42 Å². The molecule has 0 radical (unpaired) electrons. The Bertz CT molecular complexity index is 516. The fourth-order valence-corrected chi connectivity index (χ4v) is 2.74. The zero-order chi connectivity index (χ0) is 11.9. The molecule has 0 saturated heterocycles. The van der Waals surface area contributed by atoms with Crippen LogP contribution in [0.15, 0.2) is 18.2 Å². The number of hydrogen-bond donors (Lipinski definition) is 1. The largest absolute Gasteiger partial charge is 0.399 e. The molecule has 4 nitrogen and oxygen atoms in total. The molecule has 16 heavy (non-hydrogen) atoms. The van der Waals surface area contributed by atoms with Gasteiger partial charge in [-0.3, -0.25) is 4.31 Å². The number of hydrogen-bond acceptors (Lipinski definition) is 3. The van der Waals surface area contributed by atoms with Gasteiger partial charge in [-0.2, -0.15) is 8.78 Å². The van der Waals surface area contributed by atoms with E-state index in [0.29, 0.717) is 23.4 Å². The summed E-state index contributed by atoms with van der Waals surface area (Å²) in [5, 5.41) is 0. The second-order valence-electron chi connectivity index (χ2n) is 3.52. The number of sulfonamides is 1. The minimum Gasteiger partial charge on any atom is -0.399 e. The fraction of sp³-hybridized carbons (Fsp3) is 0.333. The molecule has 0 unspecified atom stereocenters. The first-order chi connectivity index (χ1) is 7.43. The Balaban J connectivity index is 2.46. The fourth-order valence-electron chi connectivity index (χ4n) is 1.75. The van der Waals surface area contributed by atoms with Gasteiger partial charge in [0.15, 0.2) is 0 Å². The average molecular weight is 248 g/mol. The van der Waals surface area contributed by atoms with E-state index in [1.807, 2.05) is 0 Å². The van der Waals surface area contributed by atoms with Crippen molar-refractivity contribution in [1.82, 2.24) is 0 Å². The van der Waals surface area contributed by atoms with Crippen LogP contribution >= 0.6 is 0 Å². The van der Waals surface area contributed by atoms with Crippen LogP contribution in [0.1, 0.15) is 5.56 Å². The van der Waals surface area contributed by atoms with Crippen LogP contribution in [0.4, 0.5) is 20.2 Å². The van der Waals surface area contributed by atoms with Crippen LogP contribution in [-0.4, -0.2) is 20.7 Å². The van der Waals surface area contributed by atoms with Gasteiger partial charge < -0.3 is 5.73 Å². The van der Waals surface area contributed by atoms with Crippen molar-refractivity contribution in [1.29, 1.82) is 0 Å². The molecule has 1 aromatic rings. The Morgan fingerprint density at radius 2 is 2.06 bits per heavy atom. The maximum Gasteiger partial charge on any atom is 0.355 e. The minimum absolute atomic E-state index is 0.0471. The molecule has 2 N–H and O–H groups in total. The molecule has 0 atom stereocenters. The van der Waals surface area contributed by atoms with E-state index in [4.69, 9.17) is 5.73 Å². The monoisotopic (exact) mass is 248 g/mol. The normalized spacial score (nSPS) is 15.6. The molecule has 1 aliphatic rings. The Morgan fingerprint density at radius 3 is 2.69 bits per heavy atom. The van der Waals surface area contributed by atoms with Crippen molar-refractivity contribution < 1.29 is 17.2 Å². The number of nitrogens with zero attached hydrogens (tertiary/aromatic N) is 1. The predicted molar refractivity (Wildman–Crippen MR) is 56.8 cm³/mol. The molecule has 0 bridgehead atoms. The first kappa shape index (κ1) is 11.1. The van der Waals surface area contributed by atoms with E-state index in [2.05, 4.69) is 0 Å². The second kappa shape index (κ2) is 3.58. The predicted octanol–water partition coefficient (Wildman–Crippen LogP) is 1.18. The van der Waals surface area contributed by atoms with Crippen LogP contribution in [0.25, 0.3) is 0 Å². The van der Waals surface area contributed by atoms with Gasteiger partial charge in [0.05, 0.1) is 5.69 Å². The van der Waals surface area contributed by atoms with E-state index in [-0.39, 0.29) is 6.54 Å². The van der Waals surface area contributed by atoms with Crippen molar-refractivity contribution in [3.8, 4) is 0 Å². The summed E-state index contributed by atoms with van der Waals surface area (Å²) >= 11 is 0. The summed E-state index contributed by atoms with van der Waals surface area (Å²) in [6.45, 7) is 0.0471. The van der Waals surface area contributed by atoms with Gasteiger partial charge in [-0.15, -0.1) is 0 Å². The molecule has 0 amide bonds. The quantitative estimate of drug-likeness (QED) is 0.799. The van der Waals surface area contributed by atoms with Crippen molar-refractivity contribution in [2.24, 2.45) is 0 Å². The smallest absolute Gasteiger partial charge is 0.355 e. The maximum atomic E-state index is 12.4.